The van der Waals surface area contributed by atoms with Crippen LogP contribution in [-0.2, 0) is 29.0 Å². The molecule has 0 aliphatic carbocycles. The first kappa shape index (κ1) is 17.2. The van der Waals surface area contributed by atoms with E-state index in [0.29, 0.717) is 18.8 Å². The van der Waals surface area contributed by atoms with Crippen LogP contribution >= 0.6 is 0 Å². The Morgan fingerprint density at radius 3 is 2.88 bits per heavy atom. The van der Waals surface area contributed by atoms with Gasteiger partial charge in [-0.2, -0.15) is 5.10 Å². The van der Waals surface area contributed by atoms with Crippen molar-refractivity contribution >= 4 is 11.9 Å². The maximum atomic E-state index is 12.5. The molecule has 7 heteroatoms. The maximum absolute atomic E-state index is 12.5. The smallest absolute Gasteiger partial charge is 0.307 e. The summed E-state index contributed by atoms with van der Waals surface area (Å²) in [6, 6.07) is 10.1. The molecule has 1 aromatic heterocycles. The molecule has 2 aromatic rings. The fourth-order valence-electron chi connectivity index (χ4n) is 2.95. The van der Waals surface area contributed by atoms with Gasteiger partial charge in [0, 0.05) is 37.3 Å². The van der Waals surface area contributed by atoms with Crippen molar-refractivity contribution in [2.24, 2.45) is 0 Å². The Labute approximate surface area is 146 Å². The number of amides is 1. The Morgan fingerprint density at radius 1 is 1.32 bits per heavy atom. The maximum Gasteiger partial charge on any atom is 0.307 e. The highest BCUT2D eigenvalue weighted by atomic mass is 16.5. The largest absolute Gasteiger partial charge is 0.469 e. The molecular formula is C18H22N4O3. The predicted octanol–water partition coefficient (Wildman–Crippen LogP) is 0.870. The second-order valence-electron chi connectivity index (χ2n) is 5.93. The van der Waals surface area contributed by atoms with Crippen molar-refractivity contribution < 1.29 is 14.3 Å². The van der Waals surface area contributed by atoms with Gasteiger partial charge in [-0.15, -0.1) is 0 Å². The molecule has 1 aliphatic heterocycles. The van der Waals surface area contributed by atoms with E-state index in [4.69, 9.17) is 0 Å². The van der Waals surface area contributed by atoms with Gasteiger partial charge in [-0.25, -0.2) is 0 Å². The summed E-state index contributed by atoms with van der Waals surface area (Å²) in [5.41, 5.74) is 3.62. The quantitative estimate of drug-likeness (QED) is 0.761. The zero-order chi connectivity index (χ0) is 17.6. The van der Waals surface area contributed by atoms with Gasteiger partial charge in [-0.1, -0.05) is 30.3 Å². The molecule has 7 nitrogen and oxygen atoms in total. The lowest BCUT2D eigenvalue weighted by molar-refractivity contribution is -0.140. The number of hydrogen-bond acceptors (Lipinski definition) is 5. The minimum Gasteiger partial charge on any atom is -0.469 e. The molecule has 0 saturated carbocycles. The number of nitrogens with zero attached hydrogens (tertiary/aromatic N) is 2. The molecule has 0 bridgehead atoms. The van der Waals surface area contributed by atoms with Gasteiger partial charge < -0.3 is 15.4 Å². The molecule has 1 aliphatic rings. The zero-order valence-corrected chi connectivity index (χ0v) is 14.2. The van der Waals surface area contributed by atoms with Crippen molar-refractivity contribution in [2.45, 2.75) is 25.9 Å². The van der Waals surface area contributed by atoms with Crippen LogP contribution in [0.1, 0.15) is 33.7 Å². The molecule has 2 heterocycles. The topological polar surface area (TPSA) is 85.2 Å². The van der Waals surface area contributed by atoms with Crippen molar-refractivity contribution in [3.63, 3.8) is 0 Å². The minimum atomic E-state index is -0.349. The van der Waals surface area contributed by atoms with Gasteiger partial charge in [-0.05, 0) is 5.56 Å². The van der Waals surface area contributed by atoms with E-state index >= 15 is 0 Å². The first-order valence-corrected chi connectivity index (χ1v) is 8.37. The Balaban J connectivity index is 1.77. The number of fused-ring (bicyclic) bond motifs is 1. The van der Waals surface area contributed by atoms with Crippen LogP contribution in [0.15, 0.2) is 30.3 Å². The number of hydrogen-bond donors (Lipinski definition) is 2. The second-order valence-corrected chi connectivity index (χ2v) is 5.93. The molecule has 132 valence electrons. The lowest BCUT2D eigenvalue weighted by Gasteiger charge is -2.15. The Hall–Kier alpha value is -2.67. The molecule has 2 N–H and O–H groups in total. The number of carbonyl (C=O) groups is 2. The third kappa shape index (κ3) is 4.06. The van der Waals surface area contributed by atoms with Gasteiger partial charge in [0.25, 0.3) is 5.91 Å². The average molecular weight is 342 g/mol. The number of carbonyl (C=O) groups excluding carboxylic acids is 2. The van der Waals surface area contributed by atoms with Gasteiger partial charge in [0.2, 0.25) is 0 Å². The molecule has 0 unspecified atom stereocenters. The molecule has 25 heavy (non-hydrogen) atoms. The van der Waals surface area contributed by atoms with E-state index in [2.05, 4.69) is 20.5 Å². The molecule has 0 saturated heterocycles. The van der Waals surface area contributed by atoms with E-state index < -0.39 is 0 Å². The minimum absolute atomic E-state index is 0.146. The summed E-state index contributed by atoms with van der Waals surface area (Å²) in [6.45, 7) is 2.37. The van der Waals surface area contributed by atoms with Gasteiger partial charge in [0.1, 0.15) is 0 Å². The van der Waals surface area contributed by atoms with Crippen molar-refractivity contribution in [2.75, 3.05) is 20.2 Å². The van der Waals surface area contributed by atoms with Crippen LogP contribution in [0.3, 0.4) is 0 Å². The second kappa shape index (κ2) is 7.94. The van der Waals surface area contributed by atoms with Gasteiger partial charge >= 0.3 is 5.97 Å². The summed E-state index contributed by atoms with van der Waals surface area (Å²) in [5.74, 6) is -0.603. The van der Waals surface area contributed by atoms with Crippen LogP contribution < -0.4 is 10.6 Å². The van der Waals surface area contributed by atoms with Crippen LogP contribution in [0, 0.1) is 0 Å². The van der Waals surface area contributed by atoms with Gasteiger partial charge in [-0.3, -0.25) is 14.3 Å². The lowest BCUT2D eigenvalue weighted by atomic mass is 10.1. The van der Waals surface area contributed by atoms with Gasteiger partial charge in [0.15, 0.2) is 5.69 Å². The highest BCUT2D eigenvalue weighted by Gasteiger charge is 2.24. The van der Waals surface area contributed by atoms with Crippen LogP contribution in [0.25, 0.3) is 0 Å². The van der Waals surface area contributed by atoms with E-state index in [0.717, 1.165) is 29.8 Å². The average Bonchev–Trinajstić information content (AvgIpc) is 3.01. The summed E-state index contributed by atoms with van der Waals surface area (Å²) in [4.78, 5) is 23.7. The molecular weight excluding hydrogens is 320 g/mol. The molecule has 1 aromatic carbocycles. The number of aromatic nitrogens is 2. The molecule has 1 amide bonds. The van der Waals surface area contributed by atoms with E-state index in [1.165, 1.54) is 7.11 Å². The number of nitrogens with one attached hydrogen (secondary N) is 2. The normalized spacial score (nSPS) is 13.2. The van der Waals surface area contributed by atoms with Crippen LogP contribution in [0.2, 0.25) is 0 Å². The first-order valence-electron chi connectivity index (χ1n) is 8.37. The SMILES string of the molecule is COC(=O)CCNC(=O)c1nn(Cc2ccccc2)c2c1CNCC2. The Kier molecular flexibility index (Phi) is 5.45. The van der Waals surface area contributed by atoms with E-state index in [-0.39, 0.29) is 24.8 Å². The van der Waals surface area contributed by atoms with Crippen molar-refractivity contribution in [3.05, 3.63) is 52.8 Å². The molecule has 0 fully saturated rings. The predicted molar refractivity (Wildman–Crippen MR) is 92.1 cm³/mol. The highest BCUT2D eigenvalue weighted by molar-refractivity contribution is 5.94. The summed E-state index contributed by atoms with van der Waals surface area (Å²) in [6.07, 6.45) is 0.984. The first-order chi connectivity index (χ1) is 12.2. The summed E-state index contributed by atoms with van der Waals surface area (Å²) in [5, 5.41) is 10.6. The molecule has 0 atom stereocenters. The zero-order valence-electron chi connectivity index (χ0n) is 14.2. The van der Waals surface area contributed by atoms with E-state index in [1.807, 2.05) is 35.0 Å². The highest BCUT2D eigenvalue weighted by Crippen LogP contribution is 2.19. The lowest BCUT2D eigenvalue weighted by Crippen LogP contribution is -2.30. The van der Waals surface area contributed by atoms with Crippen molar-refractivity contribution in [1.82, 2.24) is 20.4 Å². The molecule has 0 spiro atoms. The van der Waals surface area contributed by atoms with Crippen LogP contribution in [0.5, 0.6) is 0 Å². The monoisotopic (exact) mass is 342 g/mol. The third-order valence-corrected chi connectivity index (χ3v) is 4.24. The Bertz CT molecular complexity index is 755. The summed E-state index contributed by atoms with van der Waals surface area (Å²) in [7, 11) is 1.33. The van der Waals surface area contributed by atoms with Crippen LogP contribution in [-0.4, -0.2) is 41.9 Å². The van der Waals surface area contributed by atoms with Crippen molar-refractivity contribution in [3.8, 4) is 0 Å². The fraction of sp³-hybridized carbons (Fsp3) is 0.389. The van der Waals surface area contributed by atoms with Crippen molar-refractivity contribution in [1.29, 1.82) is 0 Å². The molecule has 3 rings (SSSR count). The third-order valence-electron chi connectivity index (χ3n) is 4.24. The van der Waals surface area contributed by atoms with E-state index in [1.54, 1.807) is 0 Å². The standard InChI is InChI=1S/C18H22N4O3/c1-25-16(23)8-10-20-18(24)17-14-11-19-9-7-15(14)22(21-17)12-13-5-3-2-4-6-13/h2-6,19H,7-12H2,1H3,(H,20,24). The summed E-state index contributed by atoms with van der Waals surface area (Å²) >= 11 is 0. The number of ether oxygens (including phenoxy) is 1. The fourth-order valence-corrected chi connectivity index (χ4v) is 2.95. The number of rotatable bonds is 6. The van der Waals surface area contributed by atoms with E-state index in [9.17, 15) is 9.59 Å². The number of esters is 1. The van der Waals surface area contributed by atoms with Crippen LogP contribution in [0.4, 0.5) is 0 Å². The molecule has 0 radical (unpaired) electrons. The van der Waals surface area contributed by atoms with Gasteiger partial charge in [0.05, 0.1) is 20.1 Å². The number of benzene rings is 1. The number of methoxy groups -OCH3 is 1. The Morgan fingerprint density at radius 2 is 2.12 bits per heavy atom. The summed E-state index contributed by atoms with van der Waals surface area (Å²) < 4.78 is 6.50.